The Morgan fingerprint density at radius 3 is 2.40 bits per heavy atom. The largest absolute Gasteiger partial charge is 0.315 e. The predicted octanol–water partition coefficient (Wildman–Crippen LogP) is 3.10. The molecule has 0 unspecified atom stereocenters. The van der Waals surface area contributed by atoms with Crippen molar-refractivity contribution in [2.75, 3.05) is 11.9 Å². The Morgan fingerprint density at radius 1 is 1.33 bits per heavy atom. The molecule has 1 aliphatic carbocycles. The quantitative estimate of drug-likeness (QED) is 0.755. The van der Waals surface area contributed by atoms with Crippen molar-refractivity contribution in [2.45, 2.75) is 19.3 Å². The molecular formula is C12H14ClNO. The van der Waals surface area contributed by atoms with Gasteiger partial charge in [0.05, 0.1) is 0 Å². The molecule has 0 aliphatic heterocycles. The van der Waals surface area contributed by atoms with E-state index in [1.54, 1.807) is 17.0 Å². The Morgan fingerprint density at radius 2 is 1.93 bits per heavy atom. The van der Waals surface area contributed by atoms with Crippen LogP contribution in [0.3, 0.4) is 0 Å². The molecule has 80 valence electrons. The molecule has 0 bridgehead atoms. The summed E-state index contributed by atoms with van der Waals surface area (Å²) in [6, 6.07) is 7.36. The number of carbonyl (C=O) groups is 1. The molecule has 1 saturated carbocycles. The fourth-order valence-electron chi connectivity index (χ4n) is 1.72. The van der Waals surface area contributed by atoms with Gasteiger partial charge in [-0.1, -0.05) is 18.0 Å². The maximum Gasteiger partial charge on any atom is 0.229 e. The Labute approximate surface area is 94.8 Å². The van der Waals surface area contributed by atoms with E-state index in [9.17, 15) is 4.79 Å². The summed E-state index contributed by atoms with van der Waals surface area (Å²) >= 11 is 5.79. The zero-order chi connectivity index (χ0) is 10.8. The molecule has 1 amide bonds. The predicted molar refractivity (Wildman–Crippen MR) is 62.2 cm³/mol. The summed E-state index contributed by atoms with van der Waals surface area (Å²) in [5.74, 6) is 0.467. The van der Waals surface area contributed by atoms with Crippen molar-refractivity contribution in [3.05, 3.63) is 29.3 Å². The van der Waals surface area contributed by atoms with Crippen molar-refractivity contribution in [2.24, 2.45) is 5.92 Å². The summed E-state index contributed by atoms with van der Waals surface area (Å²) < 4.78 is 0. The van der Waals surface area contributed by atoms with E-state index in [-0.39, 0.29) is 11.8 Å². The van der Waals surface area contributed by atoms with Crippen LogP contribution < -0.4 is 4.90 Å². The van der Waals surface area contributed by atoms with Gasteiger partial charge in [-0.15, -0.1) is 0 Å². The number of amides is 1. The lowest BCUT2D eigenvalue weighted by Gasteiger charge is -2.29. The van der Waals surface area contributed by atoms with Gasteiger partial charge in [-0.25, -0.2) is 0 Å². The van der Waals surface area contributed by atoms with Gasteiger partial charge in [0, 0.05) is 23.7 Å². The third kappa shape index (κ3) is 2.15. The first-order valence-corrected chi connectivity index (χ1v) is 5.59. The molecule has 2 rings (SSSR count). The van der Waals surface area contributed by atoms with Crippen molar-refractivity contribution in [1.82, 2.24) is 0 Å². The van der Waals surface area contributed by atoms with Gasteiger partial charge in [0.1, 0.15) is 0 Å². The smallest absolute Gasteiger partial charge is 0.229 e. The normalized spacial score (nSPS) is 15.9. The molecule has 1 aliphatic rings. The van der Waals surface area contributed by atoms with Crippen LogP contribution in [-0.4, -0.2) is 13.0 Å². The van der Waals surface area contributed by atoms with Crippen molar-refractivity contribution >= 4 is 23.2 Å². The lowest BCUT2D eigenvalue weighted by atomic mass is 9.84. The van der Waals surface area contributed by atoms with Crippen LogP contribution in [0.25, 0.3) is 0 Å². The van der Waals surface area contributed by atoms with Crippen LogP contribution >= 0.6 is 11.6 Å². The van der Waals surface area contributed by atoms with Crippen molar-refractivity contribution < 1.29 is 4.79 Å². The molecule has 1 aromatic rings. The van der Waals surface area contributed by atoms with E-state index < -0.39 is 0 Å². The van der Waals surface area contributed by atoms with Gasteiger partial charge >= 0.3 is 0 Å². The van der Waals surface area contributed by atoms with Crippen LogP contribution in [0.5, 0.6) is 0 Å². The summed E-state index contributed by atoms with van der Waals surface area (Å²) in [7, 11) is 1.82. The summed E-state index contributed by atoms with van der Waals surface area (Å²) in [4.78, 5) is 13.6. The standard InChI is InChI=1S/C12H14ClNO/c1-14(12(15)9-3-2-4-9)11-7-5-10(13)6-8-11/h5-9H,2-4H2,1H3. The molecule has 0 spiro atoms. The lowest BCUT2D eigenvalue weighted by molar-refractivity contribution is -0.124. The van der Waals surface area contributed by atoms with Gasteiger partial charge in [-0.2, -0.15) is 0 Å². The molecule has 0 heterocycles. The number of hydrogen-bond donors (Lipinski definition) is 0. The maximum absolute atomic E-state index is 11.9. The first-order chi connectivity index (χ1) is 7.18. The molecule has 15 heavy (non-hydrogen) atoms. The van der Waals surface area contributed by atoms with Crippen LogP contribution in [0, 0.1) is 5.92 Å². The van der Waals surface area contributed by atoms with Crippen LogP contribution in [-0.2, 0) is 4.79 Å². The fraction of sp³-hybridized carbons (Fsp3) is 0.417. The van der Waals surface area contributed by atoms with Crippen LogP contribution in [0.15, 0.2) is 24.3 Å². The number of halogens is 1. The first-order valence-electron chi connectivity index (χ1n) is 5.21. The van der Waals surface area contributed by atoms with E-state index in [1.165, 1.54) is 6.42 Å². The minimum Gasteiger partial charge on any atom is -0.315 e. The first kappa shape index (κ1) is 10.5. The van der Waals surface area contributed by atoms with Crippen LogP contribution in [0.1, 0.15) is 19.3 Å². The van der Waals surface area contributed by atoms with E-state index >= 15 is 0 Å². The van der Waals surface area contributed by atoms with Gasteiger partial charge in [0.25, 0.3) is 0 Å². The van der Waals surface area contributed by atoms with Gasteiger partial charge in [0.2, 0.25) is 5.91 Å². The molecule has 1 aromatic carbocycles. The number of rotatable bonds is 2. The zero-order valence-corrected chi connectivity index (χ0v) is 9.50. The molecule has 2 nitrogen and oxygen atoms in total. The average molecular weight is 224 g/mol. The molecule has 1 fully saturated rings. The van der Waals surface area contributed by atoms with Crippen molar-refractivity contribution in [3.63, 3.8) is 0 Å². The summed E-state index contributed by atoms with van der Waals surface area (Å²) in [5, 5.41) is 0.697. The monoisotopic (exact) mass is 223 g/mol. The molecule has 3 heteroatoms. The number of nitrogens with zero attached hydrogens (tertiary/aromatic N) is 1. The second kappa shape index (κ2) is 4.23. The molecule has 0 radical (unpaired) electrons. The molecule has 0 atom stereocenters. The highest BCUT2D eigenvalue weighted by molar-refractivity contribution is 6.30. The van der Waals surface area contributed by atoms with Gasteiger partial charge < -0.3 is 4.90 Å². The van der Waals surface area contributed by atoms with E-state index in [4.69, 9.17) is 11.6 Å². The topological polar surface area (TPSA) is 20.3 Å². The number of hydrogen-bond acceptors (Lipinski definition) is 1. The van der Waals surface area contributed by atoms with E-state index in [2.05, 4.69) is 0 Å². The Bertz CT molecular complexity index is 356. The van der Waals surface area contributed by atoms with Crippen LogP contribution in [0.4, 0.5) is 5.69 Å². The molecule has 0 saturated heterocycles. The molecule has 0 aromatic heterocycles. The average Bonchev–Trinajstić information content (AvgIpc) is 2.15. The number of benzene rings is 1. The third-order valence-electron chi connectivity index (χ3n) is 3.00. The number of carbonyl (C=O) groups excluding carboxylic acids is 1. The fourth-order valence-corrected chi connectivity index (χ4v) is 1.85. The Kier molecular flexibility index (Phi) is 2.96. The summed E-state index contributed by atoms with van der Waals surface area (Å²) in [6.45, 7) is 0. The van der Waals surface area contributed by atoms with E-state index in [0.29, 0.717) is 5.02 Å². The zero-order valence-electron chi connectivity index (χ0n) is 8.74. The molecule has 0 N–H and O–H groups in total. The second-order valence-corrected chi connectivity index (χ2v) is 4.44. The van der Waals surface area contributed by atoms with E-state index in [1.807, 2.05) is 19.2 Å². The maximum atomic E-state index is 11.9. The van der Waals surface area contributed by atoms with Crippen molar-refractivity contribution in [1.29, 1.82) is 0 Å². The highest BCUT2D eigenvalue weighted by atomic mass is 35.5. The number of anilines is 1. The highest BCUT2D eigenvalue weighted by Gasteiger charge is 2.28. The Hall–Kier alpha value is -1.02. The van der Waals surface area contributed by atoms with E-state index in [0.717, 1.165) is 18.5 Å². The minimum atomic E-state index is 0.226. The summed E-state index contributed by atoms with van der Waals surface area (Å²) in [5.41, 5.74) is 0.913. The van der Waals surface area contributed by atoms with Gasteiger partial charge in [-0.05, 0) is 37.1 Å². The van der Waals surface area contributed by atoms with Gasteiger partial charge in [0.15, 0.2) is 0 Å². The lowest BCUT2D eigenvalue weighted by Crippen LogP contribution is -2.36. The SMILES string of the molecule is CN(C(=O)C1CCC1)c1ccc(Cl)cc1. The van der Waals surface area contributed by atoms with Crippen LogP contribution in [0.2, 0.25) is 5.02 Å². The summed E-state index contributed by atoms with van der Waals surface area (Å²) in [6.07, 6.45) is 3.26. The molecular weight excluding hydrogens is 210 g/mol. The van der Waals surface area contributed by atoms with Crippen molar-refractivity contribution in [3.8, 4) is 0 Å². The highest BCUT2D eigenvalue weighted by Crippen LogP contribution is 2.29. The second-order valence-electron chi connectivity index (χ2n) is 4.00. The third-order valence-corrected chi connectivity index (χ3v) is 3.25. The van der Waals surface area contributed by atoms with Gasteiger partial charge in [-0.3, -0.25) is 4.79 Å². The minimum absolute atomic E-state index is 0.226. The Balaban J connectivity index is 2.09.